The van der Waals surface area contributed by atoms with E-state index in [-0.39, 0.29) is 23.0 Å². The van der Waals surface area contributed by atoms with E-state index in [0.29, 0.717) is 5.69 Å². The van der Waals surface area contributed by atoms with Crippen LogP contribution in [0.2, 0.25) is 0 Å². The van der Waals surface area contributed by atoms with Crippen LogP contribution in [0, 0.1) is 0 Å². The number of nitrogens with zero attached hydrogens (tertiary/aromatic N) is 2. The van der Waals surface area contributed by atoms with E-state index >= 15 is 0 Å². The van der Waals surface area contributed by atoms with Crippen LogP contribution in [0.4, 0.5) is 5.69 Å². The van der Waals surface area contributed by atoms with Gasteiger partial charge in [0, 0.05) is 6.26 Å². The number of azo groups is 1. The van der Waals surface area contributed by atoms with Gasteiger partial charge in [-0.05, 0) is 38.1 Å². The maximum Gasteiger partial charge on any atom is 0.362 e. The molecular weight excluding hydrogens is 296 g/mol. The lowest BCUT2D eigenvalue weighted by Crippen LogP contribution is -2.07. The molecule has 0 bridgehead atoms. The maximum atomic E-state index is 11.5. The van der Waals surface area contributed by atoms with Crippen molar-refractivity contribution in [1.29, 1.82) is 0 Å². The van der Waals surface area contributed by atoms with E-state index < -0.39 is 15.8 Å². The van der Waals surface area contributed by atoms with Gasteiger partial charge in [-0.3, -0.25) is 0 Å². The van der Waals surface area contributed by atoms with Crippen molar-refractivity contribution in [2.75, 3.05) is 12.9 Å². The monoisotopic (exact) mass is 312 g/mol. The summed E-state index contributed by atoms with van der Waals surface area (Å²) in [5, 5.41) is 16.8. The van der Waals surface area contributed by atoms with Crippen molar-refractivity contribution in [2.24, 2.45) is 10.2 Å². The number of ether oxygens (including phenoxy) is 1. The summed E-state index contributed by atoms with van der Waals surface area (Å²) in [6, 6.07) is 5.64. The first-order valence-electron chi connectivity index (χ1n) is 6.04. The molecule has 8 heteroatoms. The lowest BCUT2D eigenvalue weighted by Gasteiger charge is -2.02. The summed E-state index contributed by atoms with van der Waals surface area (Å²) in [5.41, 5.74) is 0.0366. The van der Waals surface area contributed by atoms with Crippen LogP contribution in [0.25, 0.3) is 0 Å². The number of carbonyl (C=O) groups is 1. The molecule has 0 aliphatic carbocycles. The average Bonchev–Trinajstić information content (AvgIpc) is 2.38. The predicted molar refractivity (Wildman–Crippen MR) is 76.0 cm³/mol. The van der Waals surface area contributed by atoms with Crippen LogP contribution < -0.4 is 0 Å². The van der Waals surface area contributed by atoms with Gasteiger partial charge in [-0.1, -0.05) is 0 Å². The second-order valence-corrected chi connectivity index (χ2v) is 6.14. The van der Waals surface area contributed by atoms with E-state index in [2.05, 4.69) is 10.2 Å². The lowest BCUT2D eigenvalue weighted by molar-refractivity contribution is -0.138. The smallest absolute Gasteiger partial charge is 0.362 e. The summed E-state index contributed by atoms with van der Waals surface area (Å²) in [6.45, 7) is 3.06. The summed E-state index contributed by atoms with van der Waals surface area (Å²) in [5.74, 6) is -1.10. The minimum absolute atomic E-state index is 0.147. The van der Waals surface area contributed by atoms with Crippen LogP contribution >= 0.6 is 0 Å². The van der Waals surface area contributed by atoms with Crippen LogP contribution in [0.5, 0.6) is 0 Å². The van der Waals surface area contributed by atoms with E-state index in [0.717, 1.165) is 6.26 Å². The molecule has 0 aliphatic heterocycles. The Morgan fingerprint density at radius 3 is 2.29 bits per heavy atom. The number of rotatable bonds is 5. The first-order chi connectivity index (χ1) is 9.75. The molecule has 21 heavy (non-hydrogen) atoms. The summed E-state index contributed by atoms with van der Waals surface area (Å²) >= 11 is 0. The zero-order valence-electron chi connectivity index (χ0n) is 11.9. The van der Waals surface area contributed by atoms with Crippen molar-refractivity contribution >= 4 is 21.5 Å². The third-order valence-electron chi connectivity index (χ3n) is 2.34. The molecule has 0 atom stereocenters. The Hall–Kier alpha value is -2.22. The Kier molecular flexibility index (Phi) is 5.60. The number of esters is 1. The van der Waals surface area contributed by atoms with Gasteiger partial charge in [0.05, 0.1) is 17.2 Å². The van der Waals surface area contributed by atoms with Crippen molar-refractivity contribution in [3.05, 3.63) is 35.7 Å². The molecule has 0 saturated heterocycles. The SMILES string of the molecule is CCOC(=O)/C(N=Nc1ccc(S(C)(=O)=O)cc1)=C(\C)O. The number of benzene rings is 1. The van der Waals surface area contributed by atoms with Gasteiger partial charge in [0.15, 0.2) is 9.84 Å². The molecule has 0 radical (unpaired) electrons. The first kappa shape index (κ1) is 16.8. The molecule has 0 saturated carbocycles. The highest BCUT2D eigenvalue weighted by molar-refractivity contribution is 7.90. The molecule has 1 rings (SSSR count). The van der Waals surface area contributed by atoms with E-state index in [9.17, 15) is 18.3 Å². The Morgan fingerprint density at radius 1 is 1.29 bits per heavy atom. The molecule has 0 aromatic heterocycles. The molecule has 0 unspecified atom stereocenters. The first-order valence-corrected chi connectivity index (χ1v) is 7.93. The normalized spacial score (nSPS) is 13.1. The third-order valence-corrected chi connectivity index (χ3v) is 3.47. The topological polar surface area (TPSA) is 105 Å². The van der Waals surface area contributed by atoms with Crippen molar-refractivity contribution in [3.63, 3.8) is 0 Å². The van der Waals surface area contributed by atoms with Crippen molar-refractivity contribution < 1.29 is 23.1 Å². The maximum absolute atomic E-state index is 11.5. The molecule has 1 N–H and O–H groups in total. The van der Waals surface area contributed by atoms with Crippen LogP contribution in [-0.2, 0) is 19.4 Å². The lowest BCUT2D eigenvalue weighted by atomic mass is 10.3. The summed E-state index contributed by atoms with van der Waals surface area (Å²) in [4.78, 5) is 11.7. The molecule has 1 aromatic carbocycles. The molecule has 0 spiro atoms. The minimum Gasteiger partial charge on any atom is -0.510 e. The van der Waals surface area contributed by atoms with E-state index in [1.807, 2.05) is 0 Å². The quantitative estimate of drug-likeness (QED) is 0.389. The highest BCUT2D eigenvalue weighted by Gasteiger charge is 2.14. The van der Waals surface area contributed by atoms with Crippen LogP contribution in [0.1, 0.15) is 13.8 Å². The van der Waals surface area contributed by atoms with Crippen molar-refractivity contribution in [3.8, 4) is 0 Å². The number of hydrogen-bond acceptors (Lipinski definition) is 7. The molecular formula is C13H16N2O5S. The second kappa shape index (κ2) is 6.98. The van der Waals surface area contributed by atoms with Crippen molar-refractivity contribution in [1.82, 2.24) is 0 Å². The van der Waals surface area contributed by atoms with Crippen LogP contribution in [0.3, 0.4) is 0 Å². The van der Waals surface area contributed by atoms with Gasteiger partial charge in [-0.2, -0.15) is 5.11 Å². The number of aliphatic hydroxyl groups is 1. The number of allylic oxidation sites excluding steroid dienone is 1. The zero-order valence-corrected chi connectivity index (χ0v) is 12.7. The molecule has 7 nitrogen and oxygen atoms in total. The molecule has 1 aromatic rings. The second-order valence-electron chi connectivity index (χ2n) is 4.12. The number of hydrogen-bond donors (Lipinski definition) is 1. The Labute approximate surface area is 122 Å². The summed E-state index contributed by atoms with van der Waals surface area (Å²) < 4.78 is 27.3. The molecule has 0 heterocycles. The van der Waals surface area contributed by atoms with Gasteiger partial charge < -0.3 is 9.84 Å². The predicted octanol–water partition coefficient (Wildman–Crippen LogP) is 2.53. The largest absolute Gasteiger partial charge is 0.510 e. The average molecular weight is 312 g/mol. The van der Waals surface area contributed by atoms with E-state index in [1.165, 1.54) is 31.2 Å². The number of carbonyl (C=O) groups excluding carboxylic acids is 1. The van der Waals surface area contributed by atoms with Gasteiger partial charge >= 0.3 is 5.97 Å². The molecule has 0 aliphatic rings. The Bertz CT molecular complexity index is 671. The minimum atomic E-state index is -3.28. The number of aliphatic hydroxyl groups excluding tert-OH is 1. The van der Waals surface area contributed by atoms with Gasteiger partial charge in [-0.25, -0.2) is 13.2 Å². The van der Waals surface area contributed by atoms with Crippen molar-refractivity contribution in [2.45, 2.75) is 18.7 Å². The third kappa shape index (κ3) is 4.99. The summed E-state index contributed by atoms with van der Waals surface area (Å²) in [7, 11) is -3.28. The van der Waals surface area contributed by atoms with Gasteiger partial charge in [0.25, 0.3) is 0 Å². The highest BCUT2D eigenvalue weighted by atomic mass is 32.2. The standard InChI is InChI=1S/C13H16N2O5S/c1-4-20-13(17)12(9(2)16)15-14-10-5-7-11(8-6-10)21(3,18)19/h5-8,16H,4H2,1-3H3/b12-9-,15-14?. The van der Waals surface area contributed by atoms with E-state index in [1.54, 1.807) is 6.92 Å². The Morgan fingerprint density at radius 2 is 1.86 bits per heavy atom. The van der Waals surface area contributed by atoms with Gasteiger partial charge in [0.2, 0.25) is 5.70 Å². The fourth-order valence-corrected chi connectivity index (χ4v) is 1.96. The van der Waals surface area contributed by atoms with Gasteiger partial charge in [0.1, 0.15) is 5.76 Å². The molecule has 0 fully saturated rings. The highest BCUT2D eigenvalue weighted by Crippen LogP contribution is 2.18. The summed E-state index contributed by atoms with van der Waals surface area (Å²) in [6.07, 6.45) is 1.10. The van der Waals surface area contributed by atoms with E-state index in [4.69, 9.17) is 4.74 Å². The van der Waals surface area contributed by atoms with Crippen LogP contribution in [-0.4, -0.2) is 32.4 Å². The fourth-order valence-electron chi connectivity index (χ4n) is 1.33. The molecule has 114 valence electrons. The molecule has 0 amide bonds. The Balaban J connectivity index is 2.98. The fraction of sp³-hybridized carbons (Fsp3) is 0.308. The number of sulfone groups is 1. The van der Waals surface area contributed by atoms with Gasteiger partial charge in [-0.15, -0.1) is 5.11 Å². The van der Waals surface area contributed by atoms with Crippen LogP contribution in [0.15, 0.2) is 50.8 Å². The zero-order chi connectivity index (χ0) is 16.0.